The number of amides is 1. The monoisotopic (exact) mass is 584 g/mol. The standard InChI is InChI=1S/C36H73NO4/c1-3-5-7-9-11-13-15-16-17-18-20-22-24-26-28-30-35(40)34(32-38)37-36(41)31-33(39)29-27-25-23-21-19-14-12-10-8-6-4-2/h33-35,38-40H,3-32H2,1-2H3,(H,37,41). The highest BCUT2D eigenvalue weighted by Crippen LogP contribution is 2.16. The molecular formula is C36H73NO4. The first-order valence-electron chi connectivity index (χ1n) is 18.3. The van der Waals surface area contributed by atoms with E-state index < -0.39 is 18.2 Å². The second-order valence-corrected chi connectivity index (χ2v) is 12.8. The third kappa shape index (κ3) is 29.2. The largest absolute Gasteiger partial charge is 0.394 e. The minimum atomic E-state index is -0.741. The van der Waals surface area contributed by atoms with Gasteiger partial charge in [0.25, 0.3) is 0 Å². The van der Waals surface area contributed by atoms with Crippen molar-refractivity contribution in [2.24, 2.45) is 0 Å². The van der Waals surface area contributed by atoms with E-state index in [9.17, 15) is 20.1 Å². The van der Waals surface area contributed by atoms with Gasteiger partial charge < -0.3 is 20.6 Å². The second kappa shape index (κ2) is 32.3. The molecule has 0 rings (SSSR count). The molecule has 0 aliphatic heterocycles. The van der Waals surface area contributed by atoms with Crippen molar-refractivity contribution in [3.63, 3.8) is 0 Å². The molecule has 0 radical (unpaired) electrons. The zero-order valence-corrected chi connectivity index (χ0v) is 27.7. The fourth-order valence-electron chi connectivity index (χ4n) is 5.82. The third-order valence-electron chi connectivity index (χ3n) is 8.67. The molecule has 0 aromatic rings. The van der Waals surface area contributed by atoms with E-state index in [-0.39, 0.29) is 18.9 Å². The number of unbranched alkanes of at least 4 members (excludes halogenated alkanes) is 24. The van der Waals surface area contributed by atoms with Crippen LogP contribution in [0.2, 0.25) is 0 Å². The van der Waals surface area contributed by atoms with E-state index in [4.69, 9.17) is 0 Å². The van der Waals surface area contributed by atoms with Gasteiger partial charge in [-0.3, -0.25) is 4.79 Å². The molecule has 41 heavy (non-hydrogen) atoms. The van der Waals surface area contributed by atoms with Crippen LogP contribution in [0.1, 0.15) is 200 Å². The summed E-state index contributed by atoms with van der Waals surface area (Å²) in [7, 11) is 0. The van der Waals surface area contributed by atoms with Crippen LogP contribution in [-0.2, 0) is 4.79 Å². The molecule has 0 saturated carbocycles. The van der Waals surface area contributed by atoms with Crippen LogP contribution in [-0.4, -0.2) is 46.1 Å². The van der Waals surface area contributed by atoms with Gasteiger partial charge in [-0.15, -0.1) is 0 Å². The Morgan fingerprint density at radius 1 is 0.512 bits per heavy atom. The van der Waals surface area contributed by atoms with Gasteiger partial charge in [0.15, 0.2) is 0 Å². The van der Waals surface area contributed by atoms with Crippen LogP contribution >= 0.6 is 0 Å². The second-order valence-electron chi connectivity index (χ2n) is 12.8. The lowest BCUT2D eigenvalue weighted by Gasteiger charge is -2.23. The first kappa shape index (κ1) is 40.4. The Labute approximate surface area is 256 Å². The third-order valence-corrected chi connectivity index (χ3v) is 8.67. The average Bonchev–Trinajstić information content (AvgIpc) is 2.96. The van der Waals surface area contributed by atoms with E-state index in [1.54, 1.807) is 0 Å². The molecule has 0 aromatic heterocycles. The van der Waals surface area contributed by atoms with E-state index in [1.165, 1.54) is 141 Å². The number of aliphatic hydroxyl groups is 3. The maximum atomic E-state index is 12.3. The first-order chi connectivity index (χ1) is 20.0. The minimum absolute atomic E-state index is 0.0416. The minimum Gasteiger partial charge on any atom is -0.394 e. The molecule has 3 atom stereocenters. The Kier molecular flexibility index (Phi) is 31.8. The number of rotatable bonds is 33. The van der Waals surface area contributed by atoms with Crippen molar-refractivity contribution < 1.29 is 20.1 Å². The van der Waals surface area contributed by atoms with E-state index in [0.717, 1.165) is 25.7 Å². The van der Waals surface area contributed by atoms with E-state index in [2.05, 4.69) is 19.2 Å². The molecule has 246 valence electrons. The number of aliphatic hydroxyl groups excluding tert-OH is 3. The summed E-state index contributed by atoms with van der Waals surface area (Å²) in [4.78, 5) is 12.3. The lowest BCUT2D eigenvalue weighted by molar-refractivity contribution is -0.125. The Balaban J connectivity index is 3.65. The molecule has 0 heterocycles. The van der Waals surface area contributed by atoms with E-state index in [0.29, 0.717) is 12.8 Å². The molecule has 0 bridgehead atoms. The molecule has 4 N–H and O–H groups in total. The summed E-state index contributed by atoms with van der Waals surface area (Å²) in [6.07, 6.45) is 33.3. The van der Waals surface area contributed by atoms with Crippen LogP contribution in [0.25, 0.3) is 0 Å². The fourth-order valence-corrected chi connectivity index (χ4v) is 5.82. The SMILES string of the molecule is CCCCCCCCCCCCCCCCCC(O)C(CO)NC(=O)CC(O)CCCCCCCCCCCCC. The summed E-state index contributed by atoms with van der Waals surface area (Å²) < 4.78 is 0. The van der Waals surface area contributed by atoms with Crippen molar-refractivity contribution in [1.29, 1.82) is 0 Å². The summed E-state index contributed by atoms with van der Waals surface area (Å²) in [5.41, 5.74) is 0. The number of hydrogen-bond donors (Lipinski definition) is 4. The Bertz CT molecular complexity index is 530. The zero-order chi connectivity index (χ0) is 30.2. The maximum Gasteiger partial charge on any atom is 0.222 e. The summed E-state index contributed by atoms with van der Waals surface area (Å²) in [6, 6.07) is -0.650. The zero-order valence-electron chi connectivity index (χ0n) is 27.7. The fraction of sp³-hybridized carbons (Fsp3) is 0.972. The van der Waals surface area contributed by atoms with Gasteiger partial charge in [0.2, 0.25) is 5.91 Å². The molecule has 0 fully saturated rings. The van der Waals surface area contributed by atoms with Gasteiger partial charge in [-0.05, 0) is 12.8 Å². The molecule has 1 amide bonds. The van der Waals surface area contributed by atoms with Crippen molar-refractivity contribution in [1.82, 2.24) is 5.32 Å². The van der Waals surface area contributed by atoms with Crippen molar-refractivity contribution in [2.75, 3.05) is 6.61 Å². The Hall–Kier alpha value is -0.650. The van der Waals surface area contributed by atoms with Crippen LogP contribution < -0.4 is 5.32 Å². The first-order valence-corrected chi connectivity index (χ1v) is 18.3. The molecule has 0 spiro atoms. The quantitative estimate of drug-likeness (QED) is 0.0579. The van der Waals surface area contributed by atoms with E-state index in [1.807, 2.05) is 0 Å². The van der Waals surface area contributed by atoms with Gasteiger partial charge in [0.1, 0.15) is 0 Å². The summed E-state index contributed by atoms with van der Waals surface area (Å²) >= 11 is 0. The van der Waals surface area contributed by atoms with Crippen LogP contribution in [0.5, 0.6) is 0 Å². The molecule has 5 nitrogen and oxygen atoms in total. The Morgan fingerprint density at radius 2 is 0.829 bits per heavy atom. The highest BCUT2D eigenvalue weighted by atomic mass is 16.3. The van der Waals surface area contributed by atoms with Gasteiger partial charge in [-0.25, -0.2) is 0 Å². The Morgan fingerprint density at radius 3 is 1.17 bits per heavy atom. The number of carbonyl (C=O) groups is 1. The molecule has 0 aliphatic carbocycles. The lowest BCUT2D eigenvalue weighted by Crippen LogP contribution is -2.46. The van der Waals surface area contributed by atoms with Crippen LogP contribution in [0.3, 0.4) is 0 Å². The predicted octanol–water partition coefficient (Wildman–Crippen LogP) is 9.54. The topological polar surface area (TPSA) is 89.8 Å². The molecule has 0 aliphatic rings. The van der Waals surface area contributed by atoms with Crippen LogP contribution in [0, 0.1) is 0 Å². The number of nitrogens with one attached hydrogen (secondary N) is 1. The van der Waals surface area contributed by atoms with Gasteiger partial charge in [0, 0.05) is 0 Å². The molecule has 0 aromatic carbocycles. The van der Waals surface area contributed by atoms with Crippen molar-refractivity contribution >= 4 is 5.91 Å². The maximum absolute atomic E-state index is 12.3. The smallest absolute Gasteiger partial charge is 0.222 e. The molecule has 3 unspecified atom stereocenters. The van der Waals surface area contributed by atoms with Gasteiger partial charge in [0.05, 0.1) is 31.3 Å². The predicted molar refractivity (Wildman–Crippen MR) is 176 cm³/mol. The van der Waals surface area contributed by atoms with Crippen LogP contribution in [0.15, 0.2) is 0 Å². The average molecular weight is 584 g/mol. The van der Waals surface area contributed by atoms with E-state index >= 15 is 0 Å². The number of hydrogen-bond acceptors (Lipinski definition) is 4. The molecular weight excluding hydrogens is 510 g/mol. The lowest BCUT2D eigenvalue weighted by atomic mass is 10.0. The van der Waals surface area contributed by atoms with Crippen molar-refractivity contribution in [2.45, 2.75) is 218 Å². The van der Waals surface area contributed by atoms with Gasteiger partial charge in [-0.1, -0.05) is 181 Å². The van der Waals surface area contributed by atoms with Crippen molar-refractivity contribution in [3.05, 3.63) is 0 Å². The molecule has 0 saturated heterocycles. The highest BCUT2D eigenvalue weighted by Gasteiger charge is 2.21. The normalized spacial score (nSPS) is 13.8. The van der Waals surface area contributed by atoms with Gasteiger partial charge >= 0.3 is 0 Å². The summed E-state index contributed by atoms with van der Waals surface area (Å²) in [6.45, 7) is 4.25. The molecule has 5 heteroatoms. The van der Waals surface area contributed by atoms with Crippen LogP contribution in [0.4, 0.5) is 0 Å². The van der Waals surface area contributed by atoms with Gasteiger partial charge in [-0.2, -0.15) is 0 Å². The highest BCUT2D eigenvalue weighted by molar-refractivity contribution is 5.76. The van der Waals surface area contributed by atoms with Crippen molar-refractivity contribution in [3.8, 4) is 0 Å². The summed E-state index contributed by atoms with van der Waals surface area (Å²) in [5.74, 6) is -0.282. The summed E-state index contributed by atoms with van der Waals surface area (Å²) in [5, 5.41) is 33.2. The number of carbonyl (C=O) groups excluding carboxylic acids is 1.